The Morgan fingerprint density at radius 1 is 1.28 bits per heavy atom. The fourth-order valence-electron chi connectivity index (χ4n) is 3.89. The number of piperidine rings is 1. The predicted octanol–water partition coefficient (Wildman–Crippen LogP) is 1.70. The van der Waals surface area contributed by atoms with Gasteiger partial charge in [0, 0.05) is 25.7 Å². The molecule has 1 aromatic rings. The van der Waals surface area contributed by atoms with Crippen molar-refractivity contribution in [3.63, 3.8) is 0 Å². The number of benzene rings is 1. The predicted molar refractivity (Wildman–Crippen MR) is 98.9 cm³/mol. The number of nitrogens with zero attached hydrogens (tertiary/aromatic N) is 1. The van der Waals surface area contributed by atoms with Crippen LogP contribution in [0.2, 0.25) is 0 Å². The van der Waals surface area contributed by atoms with Crippen LogP contribution in [0.15, 0.2) is 24.3 Å². The first kappa shape index (κ1) is 18.6. The van der Waals surface area contributed by atoms with Gasteiger partial charge in [0.1, 0.15) is 18.0 Å². The van der Waals surface area contributed by atoms with Crippen molar-refractivity contribution < 1.29 is 14.9 Å². The molecule has 5 nitrogen and oxygen atoms in total. The minimum Gasteiger partial charge on any atom is -0.488 e. The van der Waals surface area contributed by atoms with Crippen molar-refractivity contribution in [3.05, 3.63) is 29.8 Å². The van der Waals surface area contributed by atoms with Crippen LogP contribution in [0.25, 0.3) is 0 Å². The van der Waals surface area contributed by atoms with E-state index in [0.29, 0.717) is 6.54 Å². The molecule has 0 radical (unpaired) electrons. The molecule has 140 valence electrons. The van der Waals surface area contributed by atoms with E-state index in [1.807, 2.05) is 31.2 Å². The van der Waals surface area contributed by atoms with Crippen LogP contribution in [0.3, 0.4) is 0 Å². The Bertz CT molecular complexity index is 558. The van der Waals surface area contributed by atoms with Crippen molar-refractivity contribution in [2.75, 3.05) is 26.7 Å². The molecule has 5 heteroatoms. The van der Waals surface area contributed by atoms with Crippen molar-refractivity contribution in [2.24, 2.45) is 0 Å². The van der Waals surface area contributed by atoms with Gasteiger partial charge in [-0.2, -0.15) is 0 Å². The van der Waals surface area contributed by atoms with E-state index in [9.17, 15) is 10.2 Å². The van der Waals surface area contributed by atoms with E-state index < -0.39 is 11.7 Å². The number of nitrogens with one attached hydrogen (secondary N) is 1. The van der Waals surface area contributed by atoms with Gasteiger partial charge in [-0.15, -0.1) is 0 Å². The van der Waals surface area contributed by atoms with E-state index in [2.05, 4.69) is 17.3 Å². The molecule has 1 aromatic carbocycles. The Kier molecular flexibility index (Phi) is 6.00. The van der Waals surface area contributed by atoms with Gasteiger partial charge in [0.05, 0.1) is 5.60 Å². The molecule has 0 spiro atoms. The van der Waals surface area contributed by atoms with Crippen molar-refractivity contribution in [1.29, 1.82) is 0 Å². The average Bonchev–Trinajstić information content (AvgIpc) is 2.59. The van der Waals surface area contributed by atoms with E-state index in [1.54, 1.807) is 0 Å². The number of ether oxygens (including phenoxy) is 1. The van der Waals surface area contributed by atoms with Crippen LogP contribution < -0.4 is 10.1 Å². The molecule has 0 unspecified atom stereocenters. The largest absolute Gasteiger partial charge is 0.488 e. The second-order valence-corrected chi connectivity index (χ2v) is 7.91. The lowest BCUT2D eigenvalue weighted by Gasteiger charge is -2.40. The third-order valence-electron chi connectivity index (χ3n) is 5.69. The molecule has 25 heavy (non-hydrogen) atoms. The molecule has 3 rings (SSSR count). The van der Waals surface area contributed by atoms with Gasteiger partial charge in [0.25, 0.3) is 0 Å². The van der Waals surface area contributed by atoms with Crippen LogP contribution in [0.1, 0.15) is 37.7 Å². The zero-order valence-corrected chi connectivity index (χ0v) is 15.4. The third kappa shape index (κ3) is 4.94. The lowest BCUT2D eigenvalue weighted by molar-refractivity contribution is -0.0403. The lowest BCUT2D eigenvalue weighted by Crippen LogP contribution is -2.56. The highest BCUT2D eigenvalue weighted by atomic mass is 16.5. The van der Waals surface area contributed by atoms with Gasteiger partial charge in [-0.05, 0) is 63.8 Å². The number of aliphatic hydroxyl groups excluding tert-OH is 1. The minimum atomic E-state index is -0.656. The van der Waals surface area contributed by atoms with Crippen LogP contribution in [-0.2, 0) is 0 Å². The number of aryl methyl sites for hydroxylation is 1. The number of likely N-dealkylation sites (tertiary alicyclic amines) is 1. The first-order valence-electron chi connectivity index (χ1n) is 9.51. The second-order valence-electron chi connectivity index (χ2n) is 7.91. The summed E-state index contributed by atoms with van der Waals surface area (Å²) in [5, 5.41) is 24.9. The number of hydrogen-bond donors (Lipinski definition) is 3. The van der Waals surface area contributed by atoms with E-state index in [0.717, 1.165) is 56.5 Å². The summed E-state index contributed by atoms with van der Waals surface area (Å²) in [5.74, 6) is 0.818. The number of hydrogen-bond acceptors (Lipinski definition) is 5. The molecule has 1 saturated heterocycles. The normalized spacial score (nSPS) is 30.2. The zero-order valence-electron chi connectivity index (χ0n) is 15.4. The molecule has 0 aromatic heterocycles. The van der Waals surface area contributed by atoms with Crippen molar-refractivity contribution in [2.45, 2.75) is 62.9 Å². The molecule has 3 atom stereocenters. The molecule has 2 fully saturated rings. The molecule has 1 heterocycles. The summed E-state index contributed by atoms with van der Waals surface area (Å²) >= 11 is 0. The zero-order chi connectivity index (χ0) is 17.9. The van der Waals surface area contributed by atoms with Crippen molar-refractivity contribution in [3.8, 4) is 5.75 Å². The molecular weight excluding hydrogens is 316 g/mol. The first-order valence-corrected chi connectivity index (χ1v) is 9.51. The van der Waals surface area contributed by atoms with Gasteiger partial charge < -0.3 is 25.2 Å². The molecule has 1 aliphatic carbocycles. The highest BCUT2D eigenvalue weighted by Crippen LogP contribution is 2.26. The fourth-order valence-corrected chi connectivity index (χ4v) is 3.89. The third-order valence-corrected chi connectivity index (χ3v) is 5.69. The maximum absolute atomic E-state index is 10.7. The summed E-state index contributed by atoms with van der Waals surface area (Å²) < 4.78 is 6.05. The van der Waals surface area contributed by atoms with Gasteiger partial charge in [-0.3, -0.25) is 0 Å². The molecule has 3 N–H and O–H groups in total. The van der Waals surface area contributed by atoms with E-state index in [1.165, 1.54) is 0 Å². The van der Waals surface area contributed by atoms with Crippen molar-refractivity contribution in [1.82, 2.24) is 10.2 Å². The van der Waals surface area contributed by atoms with Crippen LogP contribution in [-0.4, -0.2) is 65.6 Å². The maximum atomic E-state index is 10.7. The molecule has 2 aliphatic rings. The molecule has 1 aliphatic heterocycles. The summed E-state index contributed by atoms with van der Waals surface area (Å²) in [6.45, 7) is 4.42. The second kappa shape index (κ2) is 8.04. The smallest absolute Gasteiger partial charge is 0.126 e. The van der Waals surface area contributed by atoms with Crippen molar-refractivity contribution >= 4 is 0 Å². The van der Waals surface area contributed by atoms with Crippen LogP contribution >= 0.6 is 0 Å². The SMILES string of the molecule is Cc1cccc(O[C@@H]2CCC[C@H](NCC3(O)CCN(C)CC3)[C@H]2O)c1. The Labute approximate surface area is 151 Å². The maximum Gasteiger partial charge on any atom is 0.126 e. The van der Waals surface area contributed by atoms with E-state index in [4.69, 9.17) is 4.74 Å². The van der Waals surface area contributed by atoms with Gasteiger partial charge in [0.2, 0.25) is 0 Å². The summed E-state index contributed by atoms with van der Waals surface area (Å²) in [6.07, 6.45) is 3.62. The highest BCUT2D eigenvalue weighted by Gasteiger charge is 2.36. The van der Waals surface area contributed by atoms with Gasteiger partial charge in [-0.1, -0.05) is 12.1 Å². The standard InChI is InChI=1S/C20H32N2O3/c1-15-5-3-6-16(13-15)25-18-8-4-7-17(19(18)23)21-14-20(24)9-11-22(2)12-10-20/h3,5-6,13,17-19,21,23-24H,4,7-12,14H2,1-2H3/t17-,18+,19+/m0/s1. The minimum absolute atomic E-state index is 0.0211. The molecule has 0 amide bonds. The van der Waals surface area contributed by atoms with E-state index >= 15 is 0 Å². The van der Waals surface area contributed by atoms with E-state index in [-0.39, 0.29) is 12.1 Å². The average molecular weight is 348 g/mol. The van der Waals surface area contributed by atoms with Crippen LogP contribution in [0, 0.1) is 6.92 Å². The molecule has 1 saturated carbocycles. The Morgan fingerprint density at radius 3 is 2.76 bits per heavy atom. The fraction of sp³-hybridized carbons (Fsp3) is 0.700. The highest BCUT2D eigenvalue weighted by molar-refractivity contribution is 5.27. The summed E-state index contributed by atoms with van der Waals surface area (Å²) in [6, 6.07) is 7.94. The monoisotopic (exact) mass is 348 g/mol. The topological polar surface area (TPSA) is 65.0 Å². The summed E-state index contributed by atoms with van der Waals surface area (Å²) in [5.41, 5.74) is 0.498. The summed E-state index contributed by atoms with van der Waals surface area (Å²) in [4.78, 5) is 2.25. The van der Waals surface area contributed by atoms with Gasteiger partial charge in [-0.25, -0.2) is 0 Å². The quantitative estimate of drug-likeness (QED) is 0.756. The van der Waals surface area contributed by atoms with Crippen LogP contribution in [0.4, 0.5) is 0 Å². The van der Waals surface area contributed by atoms with Gasteiger partial charge >= 0.3 is 0 Å². The summed E-state index contributed by atoms with van der Waals surface area (Å²) in [7, 11) is 2.09. The molecular formula is C20H32N2O3. The number of rotatable bonds is 5. The Hall–Kier alpha value is -1.14. The van der Waals surface area contributed by atoms with Crippen LogP contribution in [0.5, 0.6) is 5.75 Å². The number of aliphatic hydroxyl groups is 2. The lowest BCUT2D eigenvalue weighted by atomic mass is 9.87. The Morgan fingerprint density at radius 2 is 2.04 bits per heavy atom. The Balaban J connectivity index is 1.54. The first-order chi connectivity index (χ1) is 12.0. The molecule has 0 bridgehead atoms. The van der Waals surface area contributed by atoms with Gasteiger partial charge in [0.15, 0.2) is 0 Å².